The monoisotopic (exact) mass is 575 g/mol. The number of para-hydroxylation sites is 1. The van der Waals surface area contributed by atoms with Gasteiger partial charge in [-0.25, -0.2) is 26.2 Å². The number of aromatic amines is 1. The fourth-order valence-corrected chi connectivity index (χ4v) is 6.48. The molecule has 1 aliphatic rings. The first-order chi connectivity index (χ1) is 19.7. The van der Waals surface area contributed by atoms with Crippen molar-refractivity contribution in [2.75, 3.05) is 18.0 Å². The molecule has 1 fully saturated rings. The van der Waals surface area contributed by atoms with Crippen LogP contribution < -0.4 is 10.6 Å². The molecule has 6 rings (SSSR count). The summed E-state index contributed by atoms with van der Waals surface area (Å²) in [6.07, 6.45) is 6.35. The second-order valence-electron chi connectivity index (χ2n) is 9.79. The summed E-state index contributed by atoms with van der Waals surface area (Å²) in [6, 6.07) is 9.58. The lowest BCUT2D eigenvalue weighted by atomic mass is 9.95. The van der Waals surface area contributed by atoms with Crippen molar-refractivity contribution in [1.82, 2.24) is 19.2 Å². The largest absolute Gasteiger partial charge is 0.506 e. The van der Waals surface area contributed by atoms with Crippen molar-refractivity contribution < 1.29 is 22.3 Å². The number of pyridine rings is 1. The molecule has 5 aromatic rings. The molecule has 41 heavy (non-hydrogen) atoms. The first-order valence-corrected chi connectivity index (χ1v) is 14.1. The molecule has 0 atom stereocenters. The highest BCUT2D eigenvalue weighted by Crippen LogP contribution is 2.46. The van der Waals surface area contributed by atoms with Crippen LogP contribution >= 0.6 is 0 Å². The van der Waals surface area contributed by atoms with Gasteiger partial charge in [0.25, 0.3) is 10.0 Å². The molecule has 2 aromatic carbocycles. The summed E-state index contributed by atoms with van der Waals surface area (Å²) in [5.74, 6) is -1.92. The molecule has 4 N–H and O–H groups in total. The maximum atomic E-state index is 14.4. The van der Waals surface area contributed by atoms with Gasteiger partial charge in [-0.05, 0) is 36.6 Å². The molecule has 4 heterocycles. The van der Waals surface area contributed by atoms with Crippen molar-refractivity contribution in [1.29, 1.82) is 5.26 Å². The lowest BCUT2D eigenvalue weighted by Crippen LogP contribution is -2.40. The fourth-order valence-electron chi connectivity index (χ4n) is 5.25. The van der Waals surface area contributed by atoms with Crippen molar-refractivity contribution in [2.45, 2.75) is 23.8 Å². The number of anilines is 1. The number of fused-ring (bicyclic) bond motifs is 1. The zero-order chi connectivity index (χ0) is 28.9. The fraction of sp³-hybridized carbons (Fsp3) is 0.179. The van der Waals surface area contributed by atoms with Crippen molar-refractivity contribution in [3.63, 3.8) is 0 Å². The highest BCUT2D eigenvalue weighted by Gasteiger charge is 2.31. The zero-order valence-corrected chi connectivity index (χ0v) is 22.2. The van der Waals surface area contributed by atoms with Gasteiger partial charge in [0, 0.05) is 60.5 Å². The Morgan fingerprint density at radius 2 is 1.80 bits per heavy atom. The molecule has 1 saturated heterocycles. The molecule has 3 aromatic heterocycles. The topological polar surface area (TPSA) is 154 Å². The van der Waals surface area contributed by atoms with E-state index in [-0.39, 0.29) is 44.6 Å². The maximum absolute atomic E-state index is 14.4. The second-order valence-corrected chi connectivity index (χ2v) is 11.6. The minimum Gasteiger partial charge on any atom is -0.506 e. The van der Waals surface area contributed by atoms with E-state index in [9.17, 15) is 27.6 Å². The van der Waals surface area contributed by atoms with E-state index in [1.807, 2.05) is 11.0 Å². The average molecular weight is 576 g/mol. The van der Waals surface area contributed by atoms with Gasteiger partial charge in [-0.15, -0.1) is 0 Å². The number of H-pyrrole nitrogens is 1. The van der Waals surface area contributed by atoms with Gasteiger partial charge in [0.05, 0.1) is 22.8 Å². The van der Waals surface area contributed by atoms with Gasteiger partial charge in [-0.2, -0.15) is 10.4 Å². The van der Waals surface area contributed by atoms with E-state index in [0.717, 1.165) is 16.2 Å². The number of benzene rings is 2. The Kier molecular flexibility index (Phi) is 6.44. The second kappa shape index (κ2) is 9.99. The van der Waals surface area contributed by atoms with Gasteiger partial charge in [-0.1, -0.05) is 12.1 Å². The van der Waals surface area contributed by atoms with Crippen LogP contribution in [-0.4, -0.2) is 51.8 Å². The molecule has 0 aliphatic carbocycles. The Balaban J connectivity index is 1.75. The third-order valence-corrected chi connectivity index (χ3v) is 8.88. The summed E-state index contributed by atoms with van der Waals surface area (Å²) < 4.78 is 57.3. The molecule has 13 heteroatoms. The van der Waals surface area contributed by atoms with Crippen LogP contribution in [0.15, 0.2) is 66.1 Å². The Bertz CT molecular complexity index is 1920. The van der Waals surface area contributed by atoms with E-state index < -0.39 is 21.7 Å². The van der Waals surface area contributed by atoms with Crippen LogP contribution in [0.1, 0.15) is 18.4 Å². The SMILES string of the molecule is N#Cc1cccc(-c2cn(S(=O)(=O)c3cn[nH]c3)c3ncc(-c4cc(F)cc(F)c4)c(N4CCC(N)CC4)c23)c1O. The standard InChI is InChI=1S/C28H23F2N7O3S/c29-18-8-17(9-19(30)10-18)23-14-33-28-25(26(23)36-6-4-20(32)5-7-36)24(22-3-1-2-16(11-31)27(22)38)15-37(28)41(39,40)21-12-34-35-13-21/h1-3,8-10,12-15,20,38H,4-7,32H2,(H,34,35). The van der Waals surface area contributed by atoms with Crippen LogP contribution in [0.25, 0.3) is 33.3 Å². The molecular formula is C28H23F2N7O3S. The maximum Gasteiger partial charge on any atom is 0.272 e. The number of aromatic nitrogens is 4. The number of hydrogen-bond donors (Lipinski definition) is 3. The number of nitrogens with one attached hydrogen (secondary N) is 1. The molecule has 0 amide bonds. The molecule has 0 radical (unpaired) electrons. The van der Waals surface area contributed by atoms with Crippen LogP contribution in [0.2, 0.25) is 0 Å². The van der Waals surface area contributed by atoms with Crippen LogP contribution in [0.5, 0.6) is 5.75 Å². The van der Waals surface area contributed by atoms with Crippen LogP contribution in [-0.2, 0) is 10.0 Å². The Morgan fingerprint density at radius 1 is 1.07 bits per heavy atom. The first kappa shape index (κ1) is 26.4. The molecule has 0 unspecified atom stereocenters. The number of nitriles is 1. The number of rotatable bonds is 5. The van der Waals surface area contributed by atoms with E-state index in [4.69, 9.17) is 5.73 Å². The minimum atomic E-state index is -4.23. The summed E-state index contributed by atoms with van der Waals surface area (Å²) in [5, 5.41) is 27.2. The van der Waals surface area contributed by atoms with E-state index in [1.54, 1.807) is 12.1 Å². The van der Waals surface area contributed by atoms with Gasteiger partial charge in [0.2, 0.25) is 0 Å². The number of nitrogens with two attached hydrogens (primary N) is 1. The zero-order valence-electron chi connectivity index (χ0n) is 21.4. The summed E-state index contributed by atoms with van der Waals surface area (Å²) in [7, 11) is -4.23. The van der Waals surface area contributed by atoms with Crippen molar-refractivity contribution in [3.8, 4) is 34.1 Å². The third-order valence-electron chi connectivity index (χ3n) is 7.26. The molecule has 208 valence electrons. The van der Waals surface area contributed by atoms with E-state index in [0.29, 0.717) is 42.6 Å². The van der Waals surface area contributed by atoms with E-state index >= 15 is 0 Å². The molecular weight excluding hydrogens is 552 g/mol. The minimum absolute atomic E-state index is 0.0112. The molecule has 1 aliphatic heterocycles. The Morgan fingerprint density at radius 3 is 2.46 bits per heavy atom. The number of hydrogen-bond acceptors (Lipinski definition) is 8. The molecule has 0 spiro atoms. The Labute approximate surface area is 233 Å². The smallest absolute Gasteiger partial charge is 0.272 e. The van der Waals surface area contributed by atoms with Gasteiger partial charge < -0.3 is 15.7 Å². The van der Waals surface area contributed by atoms with Crippen molar-refractivity contribution in [2.24, 2.45) is 5.73 Å². The van der Waals surface area contributed by atoms with Crippen LogP contribution in [0.3, 0.4) is 0 Å². The predicted molar refractivity (Wildman–Crippen MR) is 147 cm³/mol. The van der Waals surface area contributed by atoms with Gasteiger partial charge in [0.1, 0.15) is 28.3 Å². The normalized spacial score (nSPS) is 14.4. The highest BCUT2D eigenvalue weighted by molar-refractivity contribution is 7.90. The van der Waals surface area contributed by atoms with E-state index in [2.05, 4.69) is 15.2 Å². The van der Waals surface area contributed by atoms with Crippen molar-refractivity contribution >= 4 is 26.7 Å². The van der Waals surface area contributed by atoms with Gasteiger partial charge in [0.15, 0.2) is 5.65 Å². The summed E-state index contributed by atoms with van der Waals surface area (Å²) in [4.78, 5) is 6.35. The van der Waals surface area contributed by atoms with E-state index in [1.165, 1.54) is 36.8 Å². The molecule has 0 bridgehead atoms. The summed E-state index contributed by atoms with van der Waals surface area (Å²) in [5.41, 5.74) is 7.67. The number of phenols is 1. The first-order valence-electron chi connectivity index (χ1n) is 12.7. The lowest BCUT2D eigenvalue weighted by molar-refractivity contribution is 0.475. The number of phenolic OH excluding ortho intramolecular Hbond substituents is 1. The third kappa shape index (κ3) is 4.47. The lowest BCUT2D eigenvalue weighted by Gasteiger charge is -2.34. The molecule has 0 saturated carbocycles. The quantitative estimate of drug-likeness (QED) is 0.283. The van der Waals surface area contributed by atoms with Crippen molar-refractivity contribution in [3.05, 3.63) is 78.4 Å². The van der Waals surface area contributed by atoms with Crippen LogP contribution in [0.4, 0.5) is 14.5 Å². The molecule has 10 nitrogen and oxygen atoms in total. The number of piperidine rings is 1. The van der Waals surface area contributed by atoms with Crippen LogP contribution in [0, 0.1) is 23.0 Å². The number of aromatic hydroxyl groups is 1. The predicted octanol–water partition coefficient (Wildman–Crippen LogP) is 4.11. The highest BCUT2D eigenvalue weighted by atomic mass is 32.2. The Hall–Kier alpha value is -4.80. The summed E-state index contributed by atoms with van der Waals surface area (Å²) in [6.45, 7) is 0.961. The van der Waals surface area contributed by atoms with Gasteiger partial charge in [-0.3, -0.25) is 5.10 Å². The number of nitrogens with zero attached hydrogens (tertiary/aromatic N) is 5. The van der Waals surface area contributed by atoms with Gasteiger partial charge >= 0.3 is 0 Å². The number of halogens is 2. The average Bonchev–Trinajstić information content (AvgIpc) is 3.63. The summed E-state index contributed by atoms with van der Waals surface area (Å²) >= 11 is 0.